The number of hydrogen-bond acceptors (Lipinski definition) is 3. The van der Waals surface area contributed by atoms with Gasteiger partial charge in [-0.1, -0.05) is 38.1 Å². The van der Waals surface area contributed by atoms with Gasteiger partial charge in [0.1, 0.15) is 11.6 Å². The van der Waals surface area contributed by atoms with Gasteiger partial charge in [-0.15, -0.1) is 0 Å². The first kappa shape index (κ1) is 30.2. The van der Waals surface area contributed by atoms with Gasteiger partial charge in [-0.3, -0.25) is 4.90 Å². The molecule has 2 amide bonds. The fourth-order valence-electron chi connectivity index (χ4n) is 5.71. The number of benzene rings is 3. The van der Waals surface area contributed by atoms with Gasteiger partial charge in [0.15, 0.2) is 0 Å². The number of aromatic nitrogens is 2. The van der Waals surface area contributed by atoms with Crippen molar-refractivity contribution in [3.05, 3.63) is 99.2 Å². The number of anilines is 1. The number of primary amides is 1. The molecule has 6 nitrogen and oxygen atoms in total. The van der Waals surface area contributed by atoms with Crippen molar-refractivity contribution < 1.29 is 26.7 Å². The Bertz CT molecular complexity index is 1670. The van der Waals surface area contributed by atoms with Gasteiger partial charge in [-0.05, 0) is 60.2 Å². The molecule has 0 saturated heterocycles. The zero-order valence-corrected chi connectivity index (χ0v) is 24.1. The van der Waals surface area contributed by atoms with Crippen LogP contribution in [0.1, 0.15) is 52.9 Å². The summed E-state index contributed by atoms with van der Waals surface area (Å²) in [6, 6.07) is 10.5. The molecule has 2 heterocycles. The smallest absolute Gasteiger partial charge is 0.351 e. The summed E-state index contributed by atoms with van der Waals surface area (Å²) in [6.45, 7) is 6.80. The Morgan fingerprint density at radius 1 is 1.00 bits per heavy atom. The Balaban J connectivity index is 1.66. The molecule has 0 saturated carbocycles. The molecule has 11 heteroatoms. The fraction of sp³-hybridized carbons (Fsp3) is 0.312. The molecule has 226 valence electrons. The molecule has 0 spiro atoms. The number of nitrogens with zero attached hydrogens (tertiary/aromatic N) is 3. The highest BCUT2D eigenvalue weighted by Crippen LogP contribution is 2.38. The van der Waals surface area contributed by atoms with Crippen LogP contribution in [-0.4, -0.2) is 27.3 Å². The molecular formula is C32H32F5N5O. The van der Waals surface area contributed by atoms with E-state index in [1.54, 1.807) is 11.6 Å². The average Bonchev–Trinajstić information content (AvgIpc) is 3.32. The van der Waals surface area contributed by atoms with Gasteiger partial charge in [-0.2, -0.15) is 18.3 Å². The van der Waals surface area contributed by atoms with E-state index in [-0.39, 0.29) is 18.7 Å². The van der Waals surface area contributed by atoms with Crippen LogP contribution in [0.2, 0.25) is 0 Å². The summed E-state index contributed by atoms with van der Waals surface area (Å²) in [5.74, 6) is -1.66. The Labute approximate surface area is 246 Å². The summed E-state index contributed by atoms with van der Waals surface area (Å²) >= 11 is 0. The van der Waals surface area contributed by atoms with E-state index >= 15 is 8.78 Å². The molecular weight excluding hydrogens is 565 g/mol. The third kappa shape index (κ3) is 5.99. The minimum Gasteiger partial charge on any atom is -0.351 e. The zero-order chi connectivity index (χ0) is 31.1. The van der Waals surface area contributed by atoms with Crippen LogP contribution < -0.4 is 11.1 Å². The van der Waals surface area contributed by atoms with Crippen molar-refractivity contribution in [2.24, 2.45) is 5.73 Å². The number of halogens is 5. The minimum atomic E-state index is -4.47. The Morgan fingerprint density at radius 2 is 1.70 bits per heavy atom. The summed E-state index contributed by atoms with van der Waals surface area (Å²) < 4.78 is 73.1. The van der Waals surface area contributed by atoms with Gasteiger partial charge < -0.3 is 11.1 Å². The molecule has 0 bridgehead atoms. The summed E-state index contributed by atoms with van der Waals surface area (Å²) in [7, 11) is 0. The molecule has 43 heavy (non-hydrogen) atoms. The van der Waals surface area contributed by atoms with Crippen LogP contribution in [0, 0.1) is 18.6 Å². The van der Waals surface area contributed by atoms with Gasteiger partial charge in [0.25, 0.3) is 0 Å². The molecule has 0 aliphatic carbocycles. The van der Waals surface area contributed by atoms with E-state index in [4.69, 9.17) is 10.8 Å². The van der Waals surface area contributed by atoms with Crippen molar-refractivity contribution in [2.45, 2.75) is 59.3 Å². The molecule has 3 N–H and O–H groups in total. The quantitative estimate of drug-likeness (QED) is 0.219. The number of carbonyl (C=O) groups excluding carboxylic acids is 1. The summed E-state index contributed by atoms with van der Waals surface area (Å²) in [6.07, 6.45) is -2.65. The molecule has 3 aromatic carbocycles. The van der Waals surface area contributed by atoms with Crippen LogP contribution >= 0.6 is 0 Å². The Morgan fingerprint density at radius 3 is 2.33 bits per heavy atom. The van der Waals surface area contributed by atoms with Crippen molar-refractivity contribution in [1.29, 1.82) is 0 Å². The summed E-state index contributed by atoms with van der Waals surface area (Å²) in [5, 5.41) is 7.02. The first-order valence-electron chi connectivity index (χ1n) is 14.1. The number of alkyl halides is 3. The van der Waals surface area contributed by atoms with Gasteiger partial charge in [-0.25, -0.2) is 18.3 Å². The number of nitrogens with two attached hydrogens (primary N) is 1. The maximum absolute atomic E-state index is 15.8. The standard InChI is InChI=1S/C32H32F5N5O/c1-4-19-7-6-8-20(5-2)29(19)42-30(23-14-26(34)28(15-25(23)33)39-31(38)43)24-17-41(12-11-27(24)40-42)16-21-13-22(32(35,36)37)10-9-18(21)3/h6-10,13-15H,4-5,11-12,16-17H2,1-3H3,(H3,38,39,43). The molecule has 0 radical (unpaired) electrons. The van der Waals surface area contributed by atoms with Crippen molar-refractivity contribution in [3.8, 4) is 16.9 Å². The number of nitrogens with one attached hydrogen (secondary N) is 1. The third-order valence-electron chi connectivity index (χ3n) is 7.93. The van der Waals surface area contributed by atoms with E-state index in [9.17, 15) is 18.0 Å². The number of para-hydroxylation sites is 1. The van der Waals surface area contributed by atoms with Crippen molar-refractivity contribution in [3.63, 3.8) is 0 Å². The first-order chi connectivity index (χ1) is 20.4. The van der Waals surface area contributed by atoms with E-state index < -0.39 is 35.1 Å². The number of aryl methyl sites for hydroxylation is 3. The Hall–Kier alpha value is -4.25. The second-order valence-electron chi connectivity index (χ2n) is 10.7. The highest BCUT2D eigenvalue weighted by Gasteiger charge is 2.32. The van der Waals surface area contributed by atoms with E-state index in [1.807, 2.05) is 36.9 Å². The zero-order valence-electron chi connectivity index (χ0n) is 24.1. The third-order valence-corrected chi connectivity index (χ3v) is 7.93. The minimum absolute atomic E-state index is 0.0497. The van der Waals surface area contributed by atoms with E-state index in [0.29, 0.717) is 48.3 Å². The normalized spacial score (nSPS) is 13.7. The van der Waals surface area contributed by atoms with Gasteiger partial charge in [0.05, 0.1) is 28.3 Å². The van der Waals surface area contributed by atoms with Crippen LogP contribution in [-0.2, 0) is 38.5 Å². The topological polar surface area (TPSA) is 76.2 Å². The lowest BCUT2D eigenvalue weighted by Gasteiger charge is -2.28. The highest BCUT2D eigenvalue weighted by molar-refractivity contribution is 5.88. The lowest BCUT2D eigenvalue weighted by Crippen LogP contribution is -2.30. The predicted molar refractivity (Wildman–Crippen MR) is 155 cm³/mol. The Kier molecular flexibility index (Phi) is 8.29. The number of urea groups is 1. The molecule has 4 aromatic rings. The van der Waals surface area contributed by atoms with Gasteiger partial charge in [0.2, 0.25) is 0 Å². The molecule has 0 unspecified atom stereocenters. The number of hydrogen-bond donors (Lipinski definition) is 2. The number of rotatable bonds is 7. The second kappa shape index (κ2) is 11.8. The van der Waals surface area contributed by atoms with Crippen molar-refractivity contribution >= 4 is 11.7 Å². The average molecular weight is 598 g/mol. The van der Waals surface area contributed by atoms with E-state index in [2.05, 4.69) is 5.32 Å². The molecule has 1 aliphatic heterocycles. The SMILES string of the molecule is CCc1cccc(CC)c1-n1nc2c(c1-c1cc(F)c(NC(N)=O)cc1F)CN(Cc1cc(C(F)(F)F)ccc1C)CC2. The maximum atomic E-state index is 15.8. The van der Waals surface area contributed by atoms with Crippen LogP contribution in [0.25, 0.3) is 16.9 Å². The molecule has 0 fully saturated rings. The number of amides is 2. The monoisotopic (exact) mass is 597 g/mol. The summed E-state index contributed by atoms with van der Waals surface area (Å²) in [4.78, 5) is 13.3. The van der Waals surface area contributed by atoms with Crippen molar-refractivity contribution in [1.82, 2.24) is 14.7 Å². The van der Waals surface area contributed by atoms with Crippen LogP contribution in [0.3, 0.4) is 0 Å². The van der Waals surface area contributed by atoms with Gasteiger partial charge in [0, 0.05) is 43.2 Å². The lowest BCUT2D eigenvalue weighted by atomic mass is 9.97. The largest absolute Gasteiger partial charge is 0.416 e. The molecule has 5 rings (SSSR count). The highest BCUT2D eigenvalue weighted by atomic mass is 19.4. The van der Waals surface area contributed by atoms with Crippen LogP contribution in [0.5, 0.6) is 0 Å². The fourth-order valence-corrected chi connectivity index (χ4v) is 5.71. The van der Waals surface area contributed by atoms with E-state index in [0.717, 1.165) is 40.6 Å². The van der Waals surface area contributed by atoms with Crippen molar-refractivity contribution in [2.75, 3.05) is 11.9 Å². The molecule has 0 atom stereocenters. The molecule has 1 aliphatic rings. The maximum Gasteiger partial charge on any atom is 0.416 e. The lowest BCUT2D eigenvalue weighted by molar-refractivity contribution is -0.137. The van der Waals surface area contributed by atoms with Crippen LogP contribution in [0.15, 0.2) is 48.5 Å². The van der Waals surface area contributed by atoms with Crippen LogP contribution in [0.4, 0.5) is 32.4 Å². The first-order valence-corrected chi connectivity index (χ1v) is 14.1. The number of fused-ring (bicyclic) bond motifs is 1. The summed E-state index contributed by atoms with van der Waals surface area (Å²) in [5.41, 5.74) is 9.71. The second-order valence-corrected chi connectivity index (χ2v) is 10.7. The van der Waals surface area contributed by atoms with E-state index in [1.165, 1.54) is 12.1 Å². The number of carbonyl (C=O) groups is 1. The van der Waals surface area contributed by atoms with Gasteiger partial charge >= 0.3 is 12.2 Å². The molecule has 1 aromatic heterocycles. The predicted octanol–water partition coefficient (Wildman–Crippen LogP) is 7.32.